The van der Waals surface area contributed by atoms with E-state index in [9.17, 15) is 71.9 Å². The van der Waals surface area contributed by atoms with Gasteiger partial charge in [-0.15, -0.1) is 11.8 Å². The highest BCUT2D eigenvalue weighted by molar-refractivity contribution is 8.15. The molecular formula is C52H68F9N5O8S3. The Morgan fingerprint density at radius 2 is 0.987 bits per heavy atom. The van der Waals surface area contributed by atoms with Crippen molar-refractivity contribution in [2.75, 3.05) is 37.7 Å². The molecule has 2 fully saturated rings. The maximum absolute atomic E-state index is 12.7. The summed E-state index contributed by atoms with van der Waals surface area (Å²) < 4.78 is 140. The molecule has 0 aromatic carbocycles. The monoisotopic (exact) mass is 1160 g/mol. The van der Waals surface area contributed by atoms with Crippen molar-refractivity contribution in [1.82, 2.24) is 25.2 Å². The van der Waals surface area contributed by atoms with Crippen LogP contribution in [0.4, 0.5) is 44.3 Å². The number of carbonyl (C=O) groups excluding carboxylic acids is 5. The number of thioether (sulfide) groups is 2. The Bertz CT molecular complexity index is 2570. The molecule has 77 heavy (non-hydrogen) atoms. The van der Waals surface area contributed by atoms with Crippen molar-refractivity contribution in [1.29, 1.82) is 0 Å². The molecule has 5 rings (SSSR count). The number of ketones is 3. The number of ether oxygens (including phenoxy) is 1. The van der Waals surface area contributed by atoms with Crippen LogP contribution in [0.15, 0.2) is 55.0 Å². The molecule has 0 atom stereocenters. The van der Waals surface area contributed by atoms with Crippen molar-refractivity contribution in [2.45, 2.75) is 153 Å². The Labute approximate surface area is 452 Å². The van der Waals surface area contributed by atoms with Crippen LogP contribution in [0.2, 0.25) is 0 Å². The number of likely N-dealkylation sites (tertiary alicyclic amines) is 1. The first-order valence-corrected chi connectivity index (χ1v) is 28.0. The van der Waals surface area contributed by atoms with Crippen molar-refractivity contribution in [2.24, 2.45) is 11.8 Å². The molecule has 0 aliphatic carbocycles. The molecule has 0 bridgehead atoms. The third-order valence-corrected chi connectivity index (χ3v) is 17.8. The number of piperidine rings is 2. The number of alkyl halides is 9. The minimum absolute atomic E-state index is 0.00474. The fourth-order valence-corrected chi connectivity index (χ4v) is 11.3. The van der Waals surface area contributed by atoms with Crippen LogP contribution in [0.3, 0.4) is 0 Å². The van der Waals surface area contributed by atoms with Gasteiger partial charge in [0.2, 0.25) is 0 Å². The normalized spacial score (nSPS) is 15.6. The van der Waals surface area contributed by atoms with Gasteiger partial charge in [-0.3, -0.25) is 34.1 Å². The molecule has 5 heterocycles. The molecule has 13 nitrogen and oxygen atoms in total. The summed E-state index contributed by atoms with van der Waals surface area (Å²) in [6.07, 6.45) is -8.83. The lowest BCUT2D eigenvalue weighted by Crippen LogP contribution is -2.45. The SMILES string of the molecule is CC(=O)SC(C)(C)C(=O)Cc1ccc(C(F)(F)F)cn1.CC(C)(C(=O)Cc1ccc(C(F)(F)F)cn1)S(=O)(=O)CC1CCNCC1.CC(C)(C)OC(=O)N1CCC(CSC(C)(C)C(=O)Cc2ccc(C(F)(F)F)cn2)CC1. The highest BCUT2D eigenvalue weighted by Gasteiger charge is 2.43. The lowest BCUT2D eigenvalue weighted by molar-refractivity contribution is -0.138. The van der Waals surface area contributed by atoms with E-state index in [1.165, 1.54) is 32.9 Å². The van der Waals surface area contributed by atoms with E-state index in [1.807, 2.05) is 34.6 Å². The van der Waals surface area contributed by atoms with Crippen molar-refractivity contribution in [3.05, 3.63) is 88.8 Å². The van der Waals surface area contributed by atoms with Crippen molar-refractivity contribution in [3.63, 3.8) is 0 Å². The molecule has 25 heteroatoms. The van der Waals surface area contributed by atoms with Crippen LogP contribution >= 0.6 is 23.5 Å². The van der Waals surface area contributed by atoms with Crippen LogP contribution in [-0.4, -0.2) is 114 Å². The minimum Gasteiger partial charge on any atom is -0.444 e. The predicted octanol–water partition coefficient (Wildman–Crippen LogP) is 11.0. The number of pyridine rings is 3. The number of carbonyl (C=O) groups is 5. The molecule has 0 radical (unpaired) electrons. The van der Waals surface area contributed by atoms with Gasteiger partial charge in [0, 0.05) is 55.7 Å². The molecule has 0 saturated carbocycles. The average molecular weight is 1160 g/mol. The molecule has 2 aliphatic rings. The Hall–Kier alpha value is -4.62. The second-order valence-corrected chi connectivity index (χ2v) is 27.3. The number of nitrogens with zero attached hydrogens (tertiary/aromatic N) is 4. The number of sulfone groups is 1. The van der Waals surface area contributed by atoms with Crippen LogP contribution in [0, 0.1) is 11.8 Å². The van der Waals surface area contributed by atoms with E-state index in [1.54, 1.807) is 30.5 Å². The second-order valence-electron chi connectivity index (χ2n) is 21.2. The highest BCUT2D eigenvalue weighted by Crippen LogP contribution is 2.35. The molecular weight excluding hydrogens is 1090 g/mol. The molecule has 430 valence electrons. The topological polar surface area (TPSA) is 183 Å². The largest absolute Gasteiger partial charge is 0.444 e. The summed E-state index contributed by atoms with van der Waals surface area (Å²) >= 11 is 2.44. The number of rotatable bonds is 16. The summed E-state index contributed by atoms with van der Waals surface area (Å²) in [6, 6.07) is 6.22. The second kappa shape index (κ2) is 27.0. The van der Waals surface area contributed by atoms with Crippen LogP contribution in [0.25, 0.3) is 0 Å². The zero-order chi connectivity index (χ0) is 58.6. The van der Waals surface area contributed by atoms with Gasteiger partial charge in [0.1, 0.15) is 10.3 Å². The zero-order valence-corrected chi connectivity index (χ0v) is 47.2. The van der Waals surface area contributed by atoms with Gasteiger partial charge in [-0.2, -0.15) is 39.5 Å². The lowest BCUT2D eigenvalue weighted by atomic mass is 9.99. The average Bonchev–Trinajstić information content (AvgIpc) is 3.30. The number of Topliss-reactive ketones (excluding diaryl/α,β-unsaturated/α-hetero) is 3. The highest BCUT2D eigenvalue weighted by atomic mass is 32.2. The van der Waals surface area contributed by atoms with E-state index in [2.05, 4.69) is 20.3 Å². The van der Waals surface area contributed by atoms with Crippen LogP contribution in [-0.2, 0) is 71.5 Å². The predicted molar refractivity (Wildman–Crippen MR) is 277 cm³/mol. The first kappa shape index (κ1) is 66.7. The summed E-state index contributed by atoms with van der Waals surface area (Å²) in [4.78, 5) is 73.3. The fraction of sp³-hybridized carbons (Fsp3) is 0.615. The quantitative estimate of drug-likeness (QED) is 0.134. The molecule has 3 aromatic rings. The minimum atomic E-state index is -4.51. The number of halogens is 9. The molecule has 1 amide bonds. The number of aromatic nitrogens is 3. The van der Waals surface area contributed by atoms with Crippen LogP contribution < -0.4 is 5.32 Å². The van der Waals surface area contributed by atoms with Gasteiger partial charge in [0.25, 0.3) is 0 Å². The van der Waals surface area contributed by atoms with E-state index >= 15 is 0 Å². The number of hydrogen-bond acceptors (Lipinski definition) is 14. The molecule has 3 aromatic heterocycles. The first-order chi connectivity index (χ1) is 35.1. The summed E-state index contributed by atoms with van der Waals surface area (Å²) in [7, 11) is -3.70. The van der Waals surface area contributed by atoms with Gasteiger partial charge < -0.3 is 15.0 Å². The van der Waals surface area contributed by atoms with E-state index in [0.717, 1.165) is 86.7 Å². The van der Waals surface area contributed by atoms with E-state index in [-0.39, 0.29) is 65.1 Å². The van der Waals surface area contributed by atoms with E-state index in [0.29, 0.717) is 37.1 Å². The molecule has 2 saturated heterocycles. The summed E-state index contributed by atoms with van der Waals surface area (Å²) in [5.74, 6) is 0.215. The van der Waals surface area contributed by atoms with Gasteiger partial charge in [0.15, 0.2) is 32.3 Å². The molecule has 0 spiro atoms. The van der Waals surface area contributed by atoms with Crippen molar-refractivity contribution >= 4 is 61.9 Å². The Morgan fingerprint density at radius 3 is 1.34 bits per heavy atom. The molecule has 0 unspecified atom stereocenters. The van der Waals surface area contributed by atoms with Crippen LogP contribution in [0.5, 0.6) is 0 Å². The maximum Gasteiger partial charge on any atom is 0.417 e. The number of nitrogens with one attached hydrogen (secondary N) is 1. The van der Waals surface area contributed by atoms with Crippen molar-refractivity contribution < 1.29 is 76.6 Å². The third kappa shape index (κ3) is 21.9. The molecule has 2 aliphatic heterocycles. The Kier molecular flexibility index (Phi) is 23.4. The standard InChI is InChI=1S/C22H31F3N2O3S.C17H23F3N2O3S.C13H14F3NO2S/c1-20(2,3)30-19(29)27-10-8-15(9-11-27)14-31-21(4,5)18(28)12-17-7-6-16(13-26-17)22(23,24)25;1-16(2,26(24,25)11-12-5-7-21-8-6-12)15(23)9-14-4-3-13(10-22-14)17(18,19)20;1-8(18)20-12(2,3)11(19)6-10-5-4-9(7-17-10)13(14,15)16/h6-7,13,15H,8-12,14H2,1-5H3;3-4,10,12,21H,5-9,11H2,1-2H3;4-5,7H,6H2,1-3H3. The van der Waals surface area contributed by atoms with E-state index in [4.69, 9.17) is 4.74 Å². The summed E-state index contributed by atoms with van der Waals surface area (Å²) in [5.41, 5.74) is -2.41. The zero-order valence-electron chi connectivity index (χ0n) is 44.7. The van der Waals surface area contributed by atoms with E-state index < -0.39 is 70.7 Å². The van der Waals surface area contributed by atoms with Gasteiger partial charge in [-0.25, -0.2) is 13.2 Å². The lowest BCUT2D eigenvalue weighted by Gasteiger charge is -2.34. The van der Waals surface area contributed by atoms with Crippen LogP contribution in [0.1, 0.15) is 129 Å². The smallest absolute Gasteiger partial charge is 0.417 e. The molecule has 1 N–H and O–H groups in total. The third-order valence-electron chi connectivity index (χ3n) is 12.5. The van der Waals surface area contributed by atoms with Gasteiger partial charge in [0.05, 0.1) is 51.2 Å². The van der Waals surface area contributed by atoms with Gasteiger partial charge in [-0.1, -0.05) is 11.8 Å². The number of amides is 1. The summed E-state index contributed by atoms with van der Waals surface area (Å²) in [5, 5.41) is 2.97. The first-order valence-electron chi connectivity index (χ1n) is 24.5. The summed E-state index contributed by atoms with van der Waals surface area (Å²) in [6.45, 7) is 19.2. The Balaban J connectivity index is 0.000000311. The van der Waals surface area contributed by atoms with Crippen molar-refractivity contribution in [3.8, 4) is 0 Å². The van der Waals surface area contributed by atoms with Gasteiger partial charge >= 0.3 is 24.6 Å². The number of hydrogen-bond donors (Lipinski definition) is 1. The Morgan fingerprint density at radius 1 is 0.597 bits per heavy atom. The fourth-order valence-electron chi connectivity index (χ4n) is 7.39. The maximum atomic E-state index is 12.7. The van der Waals surface area contributed by atoms with Gasteiger partial charge in [-0.05, 0) is 155 Å².